The van der Waals surface area contributed by atoms with Crippen LogP contribution < -0.4 is 0 Å². The lowest BCUT2D eigenvalue weighted by molar-refractivity contribution is -0.141. The average molecular weight is 228 g/mol. The van der Waals surface area contributed by atoms with Crippen molar-refractivity contribution in [2.24, 2.45) is 11.8 Å². The Morgan fingerprint density at radius 1 is 1.35 bits per heavy atom. The third kappa shape index (κ3) is 2.84. The molecule has 1 heterocycles. The van der Waals surface area contributed by atoms with Crippen LogP contribution in [0.4, 0.5) is 0 Å². The van der Waals surface area contributed by atoms with Crippen LogP contribution in [0.1, 0.15) is 12.0 Å². The molecule has 1 aromatic carbocycles. The van der Waals surface area contributed by atoms with Gasteiger partial charge in [-0.05, 0) is 12.0 Å². The molecule has 1 aromatic rings. The van der Waals surface area contributed by atoms with Gasteiger partial charge in [0.1, 0.15) is 0 Å². The summed E-state index contributed by atoms with van der Waals surface area (Å²) < 4.78 is 5.08. The lowest BCUT2D eigenvalue weighted by atomic mass is 9.91. The van der Waals surface area contributed by atoms with Crippen molar-refractivity contribution in [3.8, 4) is 0 Å². The maximum Gasteiger partial charge on any atom is 0.309 e. The van der Waals surface area contributed by atoms with Gasteiger partial charge < -0.3 is 4.74 Å². The highest BCUT2D eigenvalue weighted by atomic mass is 16.5. The normalized spacial score (nSPS) is 23.9. The van der Waals surface area contributed by atoms with Gasteiger partial charge in [0.25, 0.3) is 0 Å². The zero-order chi connectivity index (χ0) is 12.1. The van der Waals surface area contributed by atoms with Crippen LogP contribution in [0.5, 0.6) is 0 Å². The van der Waals surface area contributed by atoms with Crippen LogP contribution in [-0.4, -0.2) is 12.6 Å². The summed E-state index contributed by atoms with van der Waals surface area (Å²) >= 11 is 0. The van der Waals surface area contributed by atoms with E-state index in [1.54, 1.807) is 6.08 Å². The average Bonchev–Trinajstić information content (AvgIpc) is 2.70. The fourth-order valence-electron chi connectivity index (χ4n) is 2.02. The highest BCUT2D eigenvalue weighted by molar-refractivity contribution is 5.75. The molecule has 2 rings (SSSR count). The first-order valence-electron chi connectivity index (χ1n) is 5.82. The molecular weight excluding hydrogens is 212 g/mol. The molecule has 0 amide bonds. The van der Waals surface area contributed by atoms with Crippen molar-refractivity contribution < 1.29 is 9.53 Å². The van der Waals surface area contributed by atoms with E-state index in [0.717, 1.165) is 5.56 Å². The number of hydrogen-bond donors (Lipinski definition) is 0. The lowest BCUT2D eigenvalue weighted by Gasteiger charge is -2.07. The van der Waals surface area contributed by atoms with E-state index < -0.39 is 0 Å². The molecule has 0 aliphatic carbocycles. The zero-order valence-electron chi connectivity index (χ0n) is 9.71. The van der Waals surface area contributed by atoms with Crippen LogP contribution in [0.3, 0.4) is 0 Å². The van der Waals surface area contributed by atoms with Gasteiger partial charge in [-0.15, -0.1) is 6.58 Å². The standard InChI is InChI=1S/C15H16O2/c1-2-6-14-13(11-17-15(14)16)10-9-12-7-4-3-5-8-12/h2-5,7-10,13-14H,1,6,11H2/b10-9+/t13-,14+/m0/s1. The summed E-state index contributed by atoms with van der Waals surface area (Å²) in [7, 11) is 0. The molecule has 0 radical (unpaired) electrons. The van der Waals surface area contributed by atoms with Crippen LogP contribution in [0, 0.1) is 11.8 Å². The smallest absolute Gasteiger partial charge is 0.309 e. The van der Waals surface area contributed by atoms with E-state index in [4.69, 9.17) is 4.74 Å². The van der Waals surface area contributed by atoms with Gasteiger partial charge >= 0.3 is 5.97 Å². The summed E-state index contributed by atoms with van der Waals surface area (Å²) in [5.41, 5.74) is 1.14. The number of benzene rings is 1. The van der Waals surface area contributed by atoms with E-state index in [-0.39, 0.29) is 17.8 Å². The van der Waals surface area contributed by atoms with Crippen molar-refractivity contribution in [2.75, 3.05) is 6.61 Å². The lowest BCUT2D eigenvalue weighted by Crippen LogP contribution is -2.13. The molecule has 1 saturated heterocycles. The maximum absolute atomic E-state index is 11.5. The molecule has 2 nitrogen and oxygen atoms in total. The van der Waals surface area contributed by atoms with Gasteiger partial charge in [0.15, 0.2) is 0 Å². The van der Waals surface area contributed by atoms with Gasteiger partial charge in [-0.3, -0.25) is 4.79 Å². The maximum atomic E-state index is 11.5. The minimum absolute atomic E-state index is 0.0625. The first-order chi connectivity index (χ1) is 8.31. The number of hydrogen-bond acceptors (Lipinski definition) is 2. The van der Waals surface area contributed by atoms with E-state index in [0.29, 0.717) is 13.0 Å². The molecular formula is C15H16O2. The van der Waals surface area contributed by atoms with Gasteiger partial charge in [-0.2, -0.15) is 0 Å². The Morgan fingerprint density at radius 2 is 2.12 bits per heavy atom. The Morgan fingerprint density at radius 3 is 2.82 bits per heavy atom. The highest BCUT2D eigenvalue weighted by Crippen LogP contribution is 2.27. The predicted molar refractivity (Wildman–Crippen MR) is 68.2 cm³/mol. The second-order valence-electron chi connectivity index (χ2n) is 4.19. The minimum Gasteiger partial charge on any atom is -0.465 e. The summed E-state index contributed by atoms with van der Waals surface area (Å²) in [6, 6.07) is 10.1. The van der Waals surface area contributed by atoms with Crippen molar-refractivity contribution in [2.45, 2.75) is 6.42 Å². The predicted octanol–water partition coefficient (Wildman–Crippen LogP) is 3.07. The molecule has 1 aliphatic rings. The van der Waals surface area contributed by atoms with Crippen molar-refractivity contribution in [1.29, 1.82) is 0 Å². The molecule has 0 spiro atoms. The van der Waals surface area contributed by atoms with Crippen molar-refractivity contribution in [1.82, 2.24) is 0 Å². The van der Waals surface area contributed by atoms with Crippen molar-refractivity contribution in [3.05, 3.63) is 54.6 Å². The monoisotopic (exact) mass is 228 g/mol. The zero-order valence-corrected chi connectivity index (χ0v) is 9.71. The Balaban J connectivity index is 2.05. The number of rotatable bonds is 4. The molecule has 0 saturated carbocycles. The van der Waals surface area contributed by atoms with Crippen LogP contribution >= 0.6 is 0 Å². The summed E-state index contributed by atoms with van der Waals surface area (Å²) in [5, 5.41) is 0. The fraction of sp³-hybridized carbons (Fsp3) is 0.267. The summed E-state index contributed by atoms with van der Waals surface area (Å²) in [6.07, 6.45) is 6.57. The summed E-state index contributed by atoms with van der Waals surface area (Å²) in [6.45, 7) is 4.17. The van der Waals surface area contributed by atoms with E-state index in [1.807, 2.05) is 36.4 Å². The SMILES string of the molecule is C=CC[C@H]1C(=O)OC[C@@H]1/C=C/c1ccccc1. The molecule has 0 aromatic heterocycles. The number of allylic oxidation sites excluding steroid dienone is 1. The second kappa shape index (κ2) is 5.48. The quantitative estimate of drug-likeness (QED) is 0.585. The van der Waals surface area contributed by atoms with E-state index in [9.17, 15) is 4.79 Å². The first-order valence-corrected chi connectivity index (χ1v) is 5.82. The highest BCUT2D eigenvalue weighted by Gasteiger charge is 2.33. The molecule has 2 atom stereocenters. The molecule has 0 unspecified atom stereocenters. The topological polar surface area (TPSA) is 26.3 Å². The molecule has 1 fully saturated rings. The molecule has 0 N–H and O–H groups in total. The number of esters is 1. The number of carbonyl (C=O) groups is 1. The van der Waals surface area contributed by atoms with Crippen LogP contribution in [-0.2, 0) is 9.53 Å². The van der Waals surface area contributed by atoms with Gasteiger partial charge in [-0.25, -0.2) is 0 Å². The third-order valence-corrected chi connectivity index (χ3v) is 2.99. The Labute approximate surface area is 102 Å². The molecule has 88 valence electrons. The minimum atomic E-state index is -0.104. The van der Waals surface area contributed by atoms with Gasteiger partial charge in [0.2, 0.25) is 0 Å². The van der Waals surface area contributed by atoms with E-state index in [2.05, 4.69) is 12.7 Å². The van der Waals surface area contributed by atoms with E-state index >= 15 is 0 Å². The van der Waals surface area contributed by atoms with Crippen LogP contribution in [0.25, 0.3) is 6.08 Å². The Hall–Kier alpha value is -1.83. The van der Waals surface area contributed by atoms with Gasteiger partial charge in [0, 0.05) is 5.92 Å². The van der Waals surface area contributed by atoms with Gasteiger partial charge in [-0.1, -0.05) is 48.6 Å². The Bertz CT molecular complexity index is 420. The first kappa shape index (κ1) is 11.6. The van der Waals surface area contributed by atoms with Crippen LogP contribution in [0.2, 0.25) is 0 Å². The van der Waals surface area contributed by atoms with Crippen molar-refractivity contribution >= 4 is 12.0 Å². The van der Waals surface area contributed by atoms with Crippen molar-refractivity contribution in [3.63, 3.8) is 0 Å². The summed E-state index contributed by atoms with van der Waals surface area (Å²) in [4.78, 5) is 11.5. The molecule has 17 heavy (non-hydrogen) atoms. The molecule has 0 bridgehead atoms. The summed E-state index contributed by atoms with van der Waals surface area (Å²) in [5.74, 6) is 0.000722. The second-order valence-corrected chi connectivity index (χ2v) is 4.19. The number of carbonyl (C=O) groups excluding carboxylic acids is 1. The van der Waals surface area contributed by atoms with Gasteiger partial charge in [0.05, 0.1) is 12.5 Å². The molecule has 1 aliphatic heterocycles. The third-order valence-electron chi connectivity index (χ3n) is 2.99. The number of ether oxygens (including phenoxy) is 1. The Kier molecular flexibility index (Phi) is 3.76. The fourth-order valence-corrected chi connectivity index (χ4v) is 2.02. The van der Waals surface area contributed by atoms with Crippen LogP contribution in [0.15, 0.2) is 49.1 Å². The molecule has 2 heteroatoms. The largest absolute Gasteiger partial charge is 0.465 e. The van der Waals surface area contributed by atoms with E-state index in [1.165, 1.54) is 0 Å². The number of cyclic esters (lactones) is 1.